The number of hydrogen-bond acceptors (Lipinski definition) is 5. The van der Waals surface area contributed by atoms with Crippen LogP contribution in [0.15, 0.2) is 66.9 Å². The maximum absolute atomic E-state index is 12.9. The number of carbonyl (C=O) groups excluding carboxylic acids is 1. The summed E-state index contributed by atoms with van der Waals surface area (Å²) in [5.41, 5.74) is 2.25. The van der Waals surface area contributed by atoms with E-state index in [1.54, 1.807) is 12.1 Å². The molecule has 2 aromatic carbocycles. The number of nitrogens with one attached hydrogen (secondary N) is 1. The van der Waals surface area contributed by atoms with Crippen molar-refractivity contribution < 1.29 is 32.6 Å². The lowest BCUT2D eigenvalue weighted by atomic mass is 9.88. The zero-order valence-electron chi connectivity index (χ0n) is 20.7. The fourth-order valence-corrected chi connectivity index (χ4v) is 4.58. The van der Waals surface area contributed by atoms with E-state index in [0.29, 0.717) is 30.2 Å². The standard InChI is InChI=1S/C29H29F3N2O4/c30-29(31,32)24-13-10-20(11-14-24)19-6-8-21(9-7-19)28(23-3-2-16-38-18-23)34-26-15-12-22(17-33-26)25(35)4-1-5-27(36)37/h6-15,17,23,28H,1-5,16,18H2,(H,33,34)(H,36,37). The van der Waals surface area contributed by atoms with E-state index in [1.165, 1.54) is 18.3 Å². The number of carboxylic acid groups (broad SMARTS) is 1. The number of anilines is 1. The van der Waals surface area contributed by atoms with Gasteiger partial charge in [-0.3, -0.25) is 9.59 Å². The van der Waals surface area contributed by atoms with Gasteiger partial charge in [-0.2, -0.15) is 13.2 Å². The molecule has 1 aromatic heterocycles. The minimum atomic E-state index is -4.37. The highest BCUT2D eigenvalue weighted by Crippen LogP contribution is 2.34. The lowest BCUT2D eigenvalue weighted by Gasteiger charge is -2.31. The van der Waals surface area contributed by atoms with Gasteiger partial charge in [0.25, 0.3) is 0 Å². The molecule has 2 unspecified atom stereocenters. The lowest BCUT2D eigenvalue weighted by Crippen LogP contribution is -2.28. The molecule has 4 rings (SSSR count). The smallest absolute Gasteiger partial charge is 0.416 e. The number of halogens is 3. The Kier molecular flexibility index (Phi) is 8.78. The second-order valence-electron chi connectivity index (χ2n) is 9.40. The fourth-order valence-electron chi connectivity index (χ4n) is 4.58. The number of nitrogens with zero attached hydrogens (tertiary/aromatic N) is 1. The van der Waals surface area contributed by atoms with Crippen molar-refractivity contribution in [1.29, 1.82) is 0 Å². The molecular weight excluding hydrogens is 497 g/mol. The van der Waals surface area contributed by atoms with E-state index in [-0.39, 0.29) is 37.0 Å². The van der Waals surface area contributed by atoms with Gasteiger partial charge in [0.2, 0.25) is 0 Å². The first-order chi connectivity index (χ1) is 18.2. The number of aliphatic carboxylic acids is 1. The number of ketones is 1. The van der Waals surface area contributed by atoms with Crippen molar-refractivity contribution in [2.45, 2.75) is 44.3 Å². The van der Waals surface area contributed by atoms with Gasteiger partial charge in [-0.25, -0.2) is 4.98 Å². The molecule has 1 fully saturated rings. The fraction of sp³-hybridized carbons (Fsp3) is 0.345. The van der Waals surface area contributed by atoms with E-state index in [4.69, 9.17) is 9.84 Å². The van der Waals surface area contributed by atoms with Gasteiger partial charge in [-0.15, -0.1) is 0 Å². The summed E-state index contributed by atoms with van der Waals surface area (Å²) in [5.74, 6) is -0.309. The summed E-state index contributed by atoms with van der Waals surface area (Å²) in [6.07, 6.45) is -0.616. The first kappa shape index (κ1) is 27.3. The maximum Gasteiger partial charge on any atom is 0.416 e. The molecule has 200 valence electrons. The molecule has 6 nitrogen and oxygen atoms in total. The Balaban J connectivity index is 1.49. The molecule has 1 aliphatic heterocycles. The van der Waals surface area contributed by atoms with E-state index in [9.17, 15) is 22.8 Å². The average Bonchev–Trinajstić information content (AvgIpc) is 2.92. The van der Waals surface area contributed by atoms with Gasteiger partial charge in [0.1, 0.15) is 5.82 Å². The average molecular weight is 527 g/mol. The Labute approximate surface area is 218 Å². The molecule has 0 bridgehead atoms. The number of alkyl halides is 3. The van der Waals surface area contributed by atoms with Crippen LogP contribution < -0.4 is 5.32 Å². The van der Waals surface area contributed by atoms with Crippen LogP contribution in [0.2, 0.25) is 0 Å². The molecule has 38 heavy (non-hydrogen) atoms. The highest BCUT2D eigenvalue weighted by molar-refractivity contribution is 5.96. The van der Waals surface area contributed by atoms with Crippen LogP contribution in [0.5, 0.6) is 0 Å². The predicted octanol–water partition coefficient (Wildman–Crippen LogP) is 6.78. The van der Waals surface area contributed by atoms with E-state index < -0.39 is 17.7 Å². The van der Waals surface area contributed by atoms with Crippen LogP contribution in [0.4, 0.5) is 19.0 Å². The molecule has 0 saturated carbocycles. The topological polar surface area (TPSA) is 88.5 Å². The maximum atomic E-state index is 12.9. The third-order valence-electron chi connectivity index (χ3n) is 6.67. The molecule has 2 heterocycles. The molecule has 9 heteroatoms. The van der Waals surface area contributed by atoms with Gasteiger partial charge in [0.15, 0.2) is 5.78 Å². The molecule has 2 N–H and O–H groups in total. The van der Waals surface area contributed by atoms with E-state index in [0.717, 1.165) is 36.1 Å². The number of hydrogen-bond donors (Lipinski definition) is 2. The Bertz CT molecular complexity index is 1220. The summed E-state index contributed by atoms with van der Waals surface area (Å²) in [5, 5.41) is 12.2. The summed E-state index contributed by atoms with van der Waals surface area (Å²) in [7, 11) is 0. The number of benzene rings is 2. The number of rotatable bonds is 10. The molecular formula is C29H29F3N2O4. The van der Waals surface area contributed by atoms with Crippen molar-refractivity contribution >= 4 is 17.6 Å². The third-order valence-corrected chi connectivity index (χ3v) is 6.67. The number of carboxylic acids is 1. The summed E-state index contributed by atoms with van der Waals surface area (Å²) >= 11 is 0. The van der Waals surface area contributed by atoms with Gasteiger partial charge >= 0.3 is 12.1 Å². The van der Waals surface area contributed by atoms with Gasteiger partial charge < -0.3 is 15.2 Å². The van der Waals surface area contributed by atoms with Crippen LogP contribution in [0.1, 0.15) is 59.6 Å². The molecule has 0 radical (unpaired) electrons. The SMILES string of the molecule is O=C(O)CCCC(=O)c1ccc(NC(c2ccc(-c3ccc(C(F)(F)F)cc3)cc2)C2CCCOC2)nc1. The van der Waals surface area contributed by atoms with E-state index in [1.807, 2.05) is 24.3 Å². The number of pyridine rings is 1. The molecule has 0 spiro atoms. The Morgan fingerprint density at radius 2 is 1.68 bits per heavy atom. The molecule has 1 aliphatic rings. The third kappa shape index (κ3) is 7.19. The Morgan fingerprint density at radius 3 is 2.24 bits per heavy atom. The molecule has 0 amide bonds. The monoisotopic (exact) mass is 526 g/mol. The molecule has 1 saturated heterocycles. The second kappa shape index (κ2) is 12.2. The molecule has 0 aliphatic carbocycles. The van der Waals surface area contributed by atoms with Crippen molar-refractivity contribution in [2.75, 3.05) is 18.5 Å². The minimum Gasteiger partial charge on any atom is -0.481 e. The number of carbonyl (C=O) groups is 2. The zero-order valence-corrected chi connectivity index (χ0v) is 20.7. The van der Waals surface area contributed by atoms with Crippen molar-refractivity contribution in [1.82, 2.24) is 4.98 Å². The van der Waals surface area contributed by atoms with Crippen LogP contribution in [0.3, 0.4) is 0 Å². The van der Waals surface area contributed by atoms with Crippen LogP contribution in [0, 0.1) is 5.92 Å². The highest BCUT2D eigenvalue weighted by atomic mass is 19.4. The largest absolute Gasteiger partial charge is 0.481 e. The molecule has 3 aromatic rings. The van der Waals surface area contributed by atoms with Crippen molar-refractivity contribution in [3.8, 4) is 11.1 Å². The quantitative estimate of drug-likeness (QED) is 0.283. The van der Waals surface area contributed by atoms with Crippen molar-refractivity contribution in [3.63, 3.8) is 0 Å². The first-order valence-corrected chi connectivity index (χ1v) is 12.5. The summed E-state index contributed by atoms with van der Waals surface area (Å²) in [6.45, 7) is 1.30. The van der Waals surface area contributed by atoms with Gasteiger partial charge in [0.05, 0.1) is 18.2 Å². The Hall–Kier alpha value is -3.72. The van der Waals surface area contributed by atoms with E-state index >= 15 is 0 Å². The van der Waals surface area contributed by atoms with Crippen molar-refractivity contribution in [2.24, 2.45) is 5.92 Å². The summed E-state index contributed by atoms with van der Waals surface area (Å²) in [4.78, 5) is 27.4. The number of aromatic nitrogens is 1. The van der Waals surface area contributed by atoms with E-state index in [2.05, 4.69) is 10.3 Å². The number of ether oxygens (including phenoxy) is 1. The predicted molar refractivity (Wildman–Crippen MR) is 137 cm³/mol. The highest BCUT2D eigenvalue weighted by Gasteiger charge is 2.30. The van der Waals surface area contributed by atoms with Gasteiger partial charge in [-0.1, -0.05) is 36.4 Å². The molecule has 2 atom stereocenters. The zero-order chi connectivity index (χ0) is 27.1. The van der Waals surface area contributed by atoms with Crippen LogP contribution in [0.25, 0.3) is 11.1 Å². The minimum absolute atomic E-state index is 0.0540. The second-order valence-corrected chi connectivity index (χ2v) is 9.40. The van der Waals surface area contributed by atoms with Gasteiger partial charge in [-0.05, 0) is 60.2 Å². The summed E-state index contributed by atoms with van der Waals surface area (Å²) < 4.78 is 44.4. The van der Waals surface area contributed by atoms with Gasteiger partial charge in [0, 0.05) is 37.1 Å². The lowest BCUT2D eigenvalue weighted by molar-refractivity contribution is -0.138. The number of Topliss-reactive ketones (excluding diaryl/α,β-unsaturated/α-hetero) is 1. The summed E-state index contributed by atoms with van der Waals surface area (Å²) in [6, 6.07) is 16.1. The first-order valence-electron chi connectivity index (χ1n) is 12.5. The van der Waals surface area contributed by atoms with Crippen molar-refractivity contribution in [3.05, 3.63) is 83.6 Å². The van der Waals surface area contributed by atoms with Crippen LogP contribution in [-0.2, 0) is 15.7 Å². The van der Waals surface area contributed by atoms with Crippen LogP contribution >= 0.6 is 0 Å². The Morgan fingerprint density at radius 1 is 1.00 bits per heavy atom. The van der Waals surface area contributed by atoms with Crippen LogP contribution in [-0.4, -0.2) is 35.1 Å². The normalized spacial score (nSPS) is 16.6.